The zero-order valence-electron chi connectivity index (χ0n) is 10.4. The van der Waals surface area contributed by atoms with Gasteiger partial charge < -0.3 is 19.5 Å². The molecule has 0 radical (unpaired) electrons. The maximum atomic E-state index is 8.75. The van der Waals surface area contributed by atoms with Gasteiger partial charge in [0.05, 0.1) is 6.10 Å². The fourth-order valence-corrected chi connectivity index (χ4v) is 2.05. The van der Waals surface area contributed by atoms with Crippen LogP contribution in [0.3, 0.4) is 0 Å². The van der Waals surface area contributed by atoms with Gasteiger partial charge in [-0.15, -0.1) is 0 Å². The third kappa shape index (κ3) is 5.80. The van der Waals surface area contributed by atoms with Gasteiger partial charge in [0.25, 0.3) is 0 Å². The molecule has 1 N–H and O–H groups in total. The number of piperidine rings is 1. The van der Waals surface area contributed by atoms with Crippen LogP contribution in [0.25, 0.3) is 0 Å². The van der Waals surface area contributed by atoms with E-state index in [1.807, 2.05) is 0 Å². The van der Waals surface area contributed by atoms with E-state index in [0.29, 0.717) is 12.7 Å². The van der Waals surface area contributed by atoms with Crippen LogP contribution in [0.5, 0.6) is 0 Å². The average Bonchev–Trinajstić information content (AvgIpc) is 2.33. The second-order valence-electron chi connectivity index (χ2n) is 4.34. The lowest BCUT2D eigenvalue weighted by molar-refractivity contribution is -0.000617. The Morgan fingerprint density at radius 3 is 2.56 bits per heavy atom. The molecule has 0 atom stereocenters. The van der Waals surface area contributed by atoms with Crippen LogP contribution in [0, 0.1) is 0 Å². The lowest BCUT2D eigenvalue weighted by atomic mass is 10.1. The summed E-state index contributed by atoms with van der Waals surface area (Å²) in [5, 5.41) is 8.75. The minimum Gasteiger partial charge on any atom is -0.396 e. The number of ether oxygens (including phenoxy) is 2. The molecule has 0 aromatic rings. The van der Waals surface area contributed by atoms with Crippen molar-refractivity contribution in [1.29, 1.82) is 0 Å². The van der Waals surface area contributed by atoms with Crippen LogP contribution >= 0.6 is 0 Å². The van der Waals surface area contributed by atoms with Gasteiger partial charge in [0.1, 0.15) is 0 Å². The molecule has 4 heteroatoms. The molecule has 0 unspecified atom stereocenters. The lowest BCUT2D eigenvalue weighted by Gasteiger charge is -2.31. The third-order valence-electron chi connectivity index (χ3n) is 3.01. The van der Waals surface area contributed by atoms with Gasteiger partial charge in [0, 0.05) is 46.6 Å². The summed E-state index contributed by atoms with van der Waals surface area (Å²) in [4.78, 5) is 2.41. The molecule has 1 rings (SSSR count). The normalized spacial score (nSPS) is 19.1. The third-order valence-corrected chi connectivity index (χ3v) is 3.01. The van der Waals surface area contributed by atoms with E-state index in [1.165, 1.54) is 0 Å². The average molecular weight is 231 g/mol. The molecule has 4 nitrogen and oxygen atoms in total. The Balaban J connectivity index is 1.98. The van der Waals surface area contributed by atoms with Crippen LogP contribution in [0.1, 0.15) is 25.7 Å². The highest BCUT2D eigenvalue weighted by molar-refractivity contribution is 4.72. The second-order valence-corrected chi connectivity index (χ2v) is 4.34. The summed E-state index contributed by atoms with van der Waals surface area (Å²) in [5.41, 5.74) is 0. The number of rotatable bonds is 8. The molecular formula is C12H25NO3. The highest BCUT2D eigenvalue weighted by Crippen LogP contribution is 2.13. The maximum Gasteiger partial charge on any atom is 0.0599 e. The number of aliphatic hydroxyl groups is 1. The van der Waals surface area contributed by atoms with Crippen LogP contribution in [0.15, 0.2) is 0 Å². The Morgan fingerprint density at radius 2 is 1.94 bits per heavy atom. The van der Waals surface area contributed by atoms with E-state index in [0.717, 1.165) is 58.5 Å². The molecule has 96 valence electrons. The molecule has 0 aromatic carbocycles. The van der Waals surface area contributed by atoms with Gasteiger partial charge in [0.15, 0.2) is 0 Å². The number of aliphatic hydroxyl groups excluding tert-OH is 1. The molecule has 1 saturated heterocycles. The number of hydrogen-bond acceptors (Lipinski definition) is 4. The van der Waals surface area contributed by atoms with Crippen molar-refractivity contribution in [1.82, 2.24) is 4.90 Å². The standard InChI is InChI=1S/C12H25NO3/c1-15-10-3-11-16-12-4-7-13(8-5-12)6-2-9-14/h12,14H,2-11H2,1H3. The Morgan fingerprint density at radius 1 is 1.19 bits per heavy atom. The monoisotopic (exact) mass is 231 g/mol. The van der Waals surface area contributed by atoms with Crippen molar-refractivity contribution in [2.45, 2.75) is 31.8 Å². The molecular weight excluding hydrogens is 206 g/mol. The molecule has 0 aliphatic carbocycles. The van der Waals surface area contributed by atoms with Gasteiger partial charge in [-0.25, -0.2) is 0 Å². The minimum atomic E-state index is 0.299. The maximum absolute atomic E-state index is 8.75. The van der Waals surface area contributed by atoms with E-state index in [9.17, 15) is 0 Å². The summed E-state index contributed by atoms with van der Waals surface area (Å²) in [6.07, 6.45) is 4.56. The Labute approximate surface area is 98.5 Å². The van der Waals surface area contributed by atoms with Crippen molar-refractivity contribution in [2.24, 2.45) is 0 Å². The van der Waals surface area contributed by atoms with Gasteiger partial charge in [-0.3, -0.25) is 0 Å². The second kappa shape index (κ2) is 8.93. The van der Waals surface area contributed by atoms with E-state index in [-0.39, 0.29) is 0 Å². The summed E-state index contributed by atoms with van der Waals surface area (Å²) in [7, 11) is 1.72. The van der Waals surface area contributed by atoms with Crippen LogP contribution in [-0.4, -0.2) is 62.7 Å². The quantitative estimate of drug-likeness (QED) is 0.630. The number of methoxy groups -OCH3 is 1. The van der Waals surface area contributed by atoms with Crippen molar-refractivity contribution in [3.63, 3.8) is 0 Å². The van der Waals surface area contributed by atoms with Crippen LogP contribution in [-0.2, 0) is 9.47 Å². The number of hydrogen-bond donors (Lipinski definition) is 1. The van der Waals surface area contributed by atoms with Crippen molar-refractivity contribution in [3.8, 4) is 0 Å². The molecule has 1 aliphatic rings. The zero-order chi connectivity index (χ0) is 11.6. The van der Waals surface area contributed by atoms with Crippen molar-refractivity contribution < 1.29 is 14.6 Å². The number of nitrogens with zero attached hydrogens (tertiary/aromatic N) is 1. The topological polar surface area (TPSA) is 41.9 Å². The summed E-state index contributed by atoms with van der Waals surface area (Å²) < 4.78 is 10.8. The van der Waals surface area contributed by atoms with Crippen molar-refractivity contribution >= 4 is 0 Å². The molecule has 0 bridgehead atoms. The fourth-order valence-electron chi connectivity index (χ4n) is 2.05. The molecule has 0 spiro atoms. The van der Waals surface area contributed by atoms with Crippen LogP contribution in [0.4, 0.5) is 0 Å². The van der Waals surface area contributed by atoms with Gasteiger partial charge >= 0.3 is 0 Å². The van der Waals surface area contributed by atoms with Gasteiger partial charge in [-0.05, 0) is 25.7 Å². The van der Waals surface area contributed by atoms with Gasteiger partial charge in [-0.2, -0.15) is 0 Å². The molecule has 16 heavy (non-hydrogen) atoms. The van der Waals surface area contributed by atoms with E-state index in [2.05, 4.69) is 4.90 Å². The van der Waals surface area contributed by atoms with E-state index in [4.69, 9.17) is 14.6 Å². The van der Waals surface area contributed by atoms with Crippen molar-refractivity contribution in [2.75, 3.05) is 46.6 Å². The summed E-state index contributed by atoms with van der Waals surface area (Å²) >= 11 is 0. The molecule has 0 aromatic heterocycles. The van der Waals surface area contributed by atoms with E-state index >= 15 is 0 Å². The predicted octanol–water partition coefficient (Wildman–Crippen LogP) is 0.886. The van der Waals surface area contributed by atoms with E-state index in [1.54, 1.807) is 7.11 Å². The first-order chi connectivity index (χ1) is 7.86. The summed E-state index contributed by atoms with van der Waals surface area (Å²) in [5.74, 6) is 0. The van der Waals surface area contributed by atoms with E-state index < -0.39 is 0 Å². The SMILES string of the molecule is COCCCOC1CCN(CCCO)CC1. The molecule has 1 heterocycles. The minimum absolute atomic E-state index is 0.299. The molecule has 0 amide bonds. The van der Waals surface area contributed by atoms with Crippen molar-refractivity contribution in [3.05, 3.63) is 0 Å². The Bertz CT molecular complexity index is 158. The van der Waals surface area contributed by atoms with Crippen LogP contribution in [0.2, 0.25) is 0 Å². The molecule has 0 saturated carbocycles. The predicted molar refractivity (Wildman–Crippen MR) is 63.6 cm³/mol. The number of likely N-dealkylation sites (tertiary alicyclic amines) is 1. The summed E-state index contributed by atoms with van der Waals surface area (Å²) in [6.45, 7) is 5.13. The smallest absolute Gasteiger partial charge is 0.0599 e. The highest BCUT2D eigenvalue weighted by Gasteiger charge is 2.18. The summed E-state index contributed by atoms with van der Waals surface area (Å²) in [6, 6.07) is 0. The molecule has 1 fully saturated rings. The first kappa shape index (κ1) is 13.9. The lowest BCUT2D eigenvalue weighted by Crippen LogP contribution is -2.37. The van der Waals surface area contributed by atoms with Gasteiger partial charge in [-0.1, -0.05) is 0 Å². The highest BCUT2D eigenvalue weighted by atomic mass is 16.5. The Kier molecular flexibility index (Phi) is 7.76. The fraction of sp³-hybridized carbons (Fsp3) is 1.00. The first-order valence-corrected chi connectivity index (χ1v) is 6.30. The van der Waals surface area contributed by atoms with Gasteiger partial charge in [0.2, 0.25) is 0 Å². The zero-order valence-corrected chi connectivity index (χ0v) is 10.4. The van der Waals surface area contributed by atoms with Crippen LogP contribution < -0.4 is 0 Å². The largest absolute Gasteiger partial charge is 0.396 e. The first-order valence-electron chi connectivity index (χ1n) is 6.30. The molecule has 1 aliphatic heterocycles. The Hall–Kier alpha value is -0.160.